The fraction of sp³-hybridized carbons (Fsp3) is 0.190. The van der Waals surface area contributed by atoms with Gasteiger partial charge in [-0.25, -0.2) is 18.7 Å². The summed E-state index contributed by atoms with van der Waals surface area (Å²) in [6.45, 7) is 5.95. The Morgan fingerprint density at radius 1 is 1.00 bits per heavy atom. The molecule has 0 aliphatic heterocycles. The average molecular weight is 397 g/mol. The van der Waals surface area contributed by atoms with Gasteiger partial charge in [0, 0.05) is 36.6 Å². The molecule has 0 unspecified atom stereocenters. The molecule has 2 aromatic carbocycles. The highest BCUT2D eigenvalue weighted by Gasteiger charge is 2.11. The molecule has 0 saturated heterocycles. The van der Waals surface area contributed by atoms with Gasteiger partial charge in [0.05, 0.1) is 5.69 Å². The SMILES string of the molecule is CCN(CC)c1ccc(NC(=O)c2cc(Nc3ccc(F)cc3F)ncn2)cc1. The number of benzene rings is 2. The lowest BCUT2D eigenvalue weighted by molar-refractivity contribution is 0.102. The Labute approximate surface area is 167 Å². The molecule has 0 aliphatic rings. The molecule has 0 radical (unpaired) electrons. The number of halogens is 2. The smallest absolute Gasteiger partial charge is 0.274 e. The van der Waals surface area contributed by atoms with Gasteiger partial charge in [0.1, 0.15) is 29.5 Å². The molecule has 150 valence electrons. The van der Waals surface area contributed by atoms with Crippen molar-refractivity contribution >= 4 is 28.8 Å². The Balaban J connectivity index is 1.70. The largest absolute Gasteiger partial charge is 0.372 e. The van der Waals surface area contributed by atoms with E-state index >= 15 is 0 Å². The van der Waals surface area contributed by atoms with Crippen molar-refractivity contribution in [2.45, 2.75) is 13.8 Å². The van der Waals surface area contributed by atoms with Crippen LogP contribution in [0, 0.1) is 11.6 Å². The molecule has 0 atom stereocenters. The number of carbonyl (C=O) groups is 1. The van der Waals surface area contributed by atoms with E-state index < -0.39 is 17.5 Å². The number of carbonyl (C=O) groups excluding carboxylic acids is 1. The van der Waals surface area contributed by atoms with Crippen molar-refractivity contribution in [2.75, 3.05) is 28.6 Å². The molecule has 8 heteroatoms. The maximum Gasteiger partial charge on any atom is 0.274 e. The van der Waals surface area contributed by atoms with Gasteiger partial charge in [0.15, 0.2) is 0 Å². The van der Waals surface area contributed by atoms with Crippen molar-refractivity contribution in [3.05, 3.63) is 72.2 Å². The first-order chi connectivity index (χ1) is 14.0. The zero-order valence-electron chi connectivity index (χ0n) is 16.1. The molecule has 0 bridgehead atoms. The summed E-state index contributed by atoms with van der Waals surface area (Å²) in [6, 6.07) is 12.0. The molecule has 3 aromatic rings. The van der Waals surface area contributed by atoms with Crippen LogP contribution in [-0.2, 0) is 0 Å². The third-order valence-electron chi connectivity index (χ3n) is 4.35. The van der Waals surface area contributed by atoms with Gasteiger partial charge >= 0.3 is 0 Å². The Hall–Kier alpha value is -3.55. The summed E-state index contributed by atoms with van der Waals surface area (Å²) in [7, 11) is 0. The average Bonchev–Trinajstić information content (AvgIpc) is 2.72. The number of hydrogen-bond acceptors (Lipinski definition) is 5. The number of aromatic nitrogens is 2. The van der Waals surface area contributed by atoms with Crippen molar-refractivity contribution in [1.29, 1.82) is 0 Å². The second kappa shape index (κ2) is 9.09. The molecule has 0 saturated carbocycles. The predicted molar refractivity (Wildman–Crippen MR) is 110 cm³/mol. The summed E-state index contributed by atoms with van der Waals surface area (Å²) in [6.07, 6.45) is 1.20. The van der Waals surface area contributed by atoms with E-state index in [1.54, 1.807) is 0 Å². The minimum absolute atomic E-state index is 0.0449. The van der Waals surface area contributed by atoms with E-state index in [-0.39, 0.29) is 17.2 Å². The number of hydrogen-bond donors (Lipinski definition) is 2. The Morgan fingerprint density at radius 2 is 1.72 bits per heavy atom. The quantitative estimate of drug-likeness (QED) is 0.610. The highest BCUT2D eigenvalue weighted by molar-refractivity contribution is 6.03. The molecule has 1 aromatic heterocycles. The summed E-state index contributed by atoms with van der Waals surface area (Å²) in [5, 5.41) is 5.48. The van der Waals surface area contributed by atoms with Gasteiger partial charge in [-0.15, -0.1) is 0 Å². The molecule has 1 amide bonds. The minimum atomic E-state index is -0.761. The van der Waals surface area contributed by atoms with Gasteiger partial charge in [-0.1, -0.05) is 0 Å². The third kappa shape index (κ3) is 5.04. The van der Waals surface area contributed by atoms with Crippen LogP contribution in [0.15, 0.2) is 54.9 Å². The van der Waals surface area contributed by atoms with Crippen molar-refractivity contribution in [2.24, 2.45) is 0 Å². The van der Waals surface area contributed by atoms with Crippen LogP contribution in [0.3, 0.4) is 0 Å². The Morgan fingerprint density at radius 3 is 2.38 bits per heavy atom. The molecule has 3 rings (SSSR count). The van der Waals surface area contributed by atoms with Gasteiger partial charge in [0.25, 0.3) is 5.91 Å². The van der Waals surface area contributed by atoms with Crippen molar-refractivity contribution in [3.8, 4) is 0 Å². The summed E-state index contributed by atoms with van der Waals surface area (Å²) in [4.78, 5) is 22.6. The van der Waals surface area contributed by atoms with E-state index in [1.165, 1.54) is 18.5 Å². The fourth-order valence-electron chi connectivity index (χ4n) is 2.82. The number of nitrogens with one attached hydrogen (secondary N) is 2. The molecular weight excluding hydrogens is 376 g/mol. The Kier molecular flexibility index (Phi) is 6.33. The lowest BCUT2D eigenvalue weighted by Gasteiger charge is -2.21. The number of rotatable bonds is 7. The minimum Gasteiger partial charge on any atom is -0.372 e. The first-order valence-electron chi connectivity index (χ1n) is 9.20. The molecule has 0 spiro atoms. The van der Waals surface area contributed by atoms with Gasteiger partial charge in [-0.05, 0) is 50.2 Å². The number of amides is 1. The van der Waals surface area contributed by atoms with E-state index in [2.05, 4.69) is 39.3 Å². The maximum atomic E-state index is 13.8. The maximum absolute atomic E-state index is 13.8. The molecule has 0 fully saturated rings. The predicted octanol–water partition coefficient (Wildman–Crippen LogP) is 4.60. The first-order valence-corrected chi connectivity index (χ1v) is 9.20. The topological polar surface area (TPSA) is 70.2 Å². The van der Waals surface area contributed by atoms with Crippen LogP contribution in [0.5, 0.6) is 0 Å². The summed E-state index contributed by atoms with van der Waals surface area (Å²) in [5.41, 5.74) is 1.85. The molecule has 2 N–H and O–H groups in total. The van der Waals surface area contributed by atoms with Crippen LogP contribution in [-0.4, -0.2) is 29.0 Å². The summed E-state index contributed by atoms with van der Waals surface area (Å²) in [5.74, 6) is -1.65. The van der Waals surface area contributed by atoms with Gasteiger partial charge in [0.2, 0.25) is 0 Å². The summed E-state index contributed by atoms with van der Waals surface area (Å²) >= 11 is 0. The highest BCUT2D eigenvalue weighted by atomic mass is 19.1. The van der Waals surface area contributed by atoms with Crippen LogP contribution >= 0.6 is 0 Å². The molecular formula is C21H21F2N5O. The van der Waals surface area contributed by atoms with Crippen LogP contribution in [0.2, 0.25) is 0 Å². The number of nitrogens with zero attached hydrogens (tertiary/aromatic N) is 3. The van der Waals surface area contributed by atoms with E-state index in [0.29, 0.717) is 5.69 Å². The summed E-state index contributed by atoms with van der Waals surface area (Å²) < 4.78 is 26.8. The fourth-order valence-corrected chi connectivity index (χ4v) is 2.82. The van der Waals surface area contributed by atoms with E-state index in [4.69, 9.17) is 0 Å². The van der Waals surface area contributed by atoms with E-state index in [9.17, 15) is 13.6 Å². The zero-order valence-corrected chi connectivity index (χ0v) is 16.1. The van der Waals surface area contributed by atoms with Crippen LogP contribution in [0.4, 0.5) is 31.7 Å². The van der Waals surface area contributed by atoms with Gasteiger partial charge in [-0.3, -0.25) is 4.79 Å². The monoisotopic (exact) mass is 397 g/mol. The second-order valence-corrected chi connectivity index (χ2v) is 6.21. The highest BCUT2D eigenvalue weighted by Crippen LogP contribution is 2.21. The lowest BCUT2D eigenvalue weighted by atomic mass is 10.2. The molecule has 29 heavy (non-hydrogen) atoms. The van der Waals surface area contributed by atoms with Gasteiger partial charge in [-0.2, -0.15) is 0 Å². The lowest BCUT2D eigenvalue weighted by Crippen LogP contribution is -2.21. The third-order valence-corrected chi connectivity index (χ3v) is 4.35. The van der Waals surface area contributed by atoms with Crippen LogP contribution < -0.4 is 15.5 Å². The van der Waals surface area contributed by atoms with Gasteiger partial charge < -0.3 is 15.5 Å². The van der Waals surface area contributed by atoms with Crippen LogP contribution in [0.1, 0.15) is 24.3 Å². The molecule has 6 nitrogen and oxygen atoms in total. The van der Waals surface area contributed by atoms with E-state index in [1.807, 2.05) is 24.3 Å². The standard InChI is InChI=1S/C21H21F2N5O/c1-3-28(4-2)16-8-6-15(7-9-16)26-21(29)19-12-20(25-13-24-19)27-18-10-5-14(22)11-17(18)23/h5-13H,3-4H2,1-2H3,(H,26,29)(H,24,25,27). The second-order valence-electron chi connectivity index (χ2n) is 6.21. The normalized spacial score (nSPS) is 10.5. The molecule has 0 aliphatic carbocycles. The zero-order chi connectivity index (χ0) is 20.8. The van der Waals surface area contributed by atoms with Crippen molar-refractivity contribution in [3.63, 3.8) is 0 Å². The number of anilines is 4. The van der Waals surface area contributed by atoms with Crippen LogP contribution in [0.25, 0.3) is 0 Å². The molecule has 1 heterocycles. The van der Waals surface area contributed by atoms with Crippen molar-refractivity contribution < 1.29 is 13.6 Å². The Bertz CT molecular complexity index is 991. The van der Waals surface area contributed by atoms with Crippen molar-refractivity contribution in [1.82, 2.24) is 9.97 Å². The van der Waals surface area contributed by atoms with E-state index in [0.717, 1.165) is 30.9 Å². The first kappa shape index (κ1) is 20.2.